The number of rotatable bonds is 3. The van der Waals surface area contributed by atoms with Gasteiger partial charge in [0.1, 0.15) is 5.60 Å². The van der Waals surface area contributed by atoms with Gasteiger partial charge in [-0.1, -0.05) is 12.1 Å². The van der Waals surface area contributed by atoms with Gasteiger partial charge in [0.05, 0.1) is 5.52 Å². The van der Waals surface area contributed by atoms with Crippen LogP contribution in [0, 0.1) is 6.92 Å². The Hall–Kier alpha value is -2.14. The molecule has 0 saturated heterocycles. The minimum atomic E-state index is -0.502. The first kappa shape index (κ1) is 15.3. The molecule has 112 valence electrons. The average Bonchev–Trinajstić information content (AvgIpc) is 2.36. The second-order valence-electron chi connectivity index (χ2n) is 5.96. The number of nitrogens with zero attached hydrogens (tertiary/aromatic N) is 1. The van der Waals surface area contributed by atoms with Gasteiger partial charge in [-0.2, -0.15) is 0 Å². The van der Waals surface area contributed by atoms with Gasteiger partial charge in [-0.15, -0.1) is 0 Å². The van der Waals surface area contributed by atoms with Gasteiger partial charge in [-0.05, 0) is 51.5 Å². The number of hydrogen-bond acceptors (Lipinski definition) is 4. The highest BCUT2D eigenvalue weighted by atomic mass is 16.6. The first-order valence-corrected chi connectivity index (χ1v) is 6.92. The third kappa shape index (κ3) is 4.72. The molecule has 0 fully saturated rings. The normalized spacial score (nSPS) is 11.4. The van der Waals surface area contributed by atoms with E-state index in [4.69, 9.17) is 4.74 Å². The molecule has 0 radical (unpaired) electrons. The Morgan fingerprint density at radius 3 is 2.71 bits per heavy atom. The van der Waals surface area contributed by atoms with Gasteiger partial charge in [0.25, 0.3) is 0 Å². The number of aromatic nitrogens is 1. The van der Waals surface area contributed by atoms with Crippen molar-refractivity contribution in [1.82, 2.24) is 15.8 Å². The summed E-state index contributed by atoms with van der Waals surface area (Å²) in [6, 6.07) is 10.0. The Morgan fingerprint density at radius 2 is 2.00 bits per heavy atom. The van der Waals surface area contributed by atoms with Crippen LogP contribution in [0.1, 0.15) is 32.0 Å². The zero-order valence-electron chi connectivity index (χ0n) is 12.9. The molecule has 0 aliphatic rings. The maximum absolute atomic E-state index is 11.5. The summed E-state index contributed by atoms with van der Waals surface area (Å²) in [5.41, 5.74) is 7.90. The molecule has 1 heterocycles. The largest absolute Gasteiger partial charge is 0.443 e. The van der Waals surface area contributed by atoms with Crippen molar-refractivity contribution in [2.75, 3.05) is 0 Å². The number of carbonyl (C=O) groups is 1. The van der Waals surface area contributed by atoms with Crippen molar-refractivity contribution in [2.45, 2.75) is 39.8 Å². The summed E-state index contributed by atoms with van der Waals surface area (Å²) in [7, 11) is 0. The number of pyridine rings is 1. The lowest BCUT2D eigenvalue weighted by Gasteiger charge is -2.19. The predicted octanol–water partition coefficient (Wildman–Crippen LogP) is 3.07. The van der Waals surface area contributed by atoms with Crippen molar-refractivity contribution in [3.63, 3.8) is 0 Å². The van der Waals surface area contributed by atoms with Crippen LogP contribution in [0.2, 0.25) is 0 Å². The molecule has 5 nitrogen and oxygen atoms in total. The number of carbonyl (C=O) groups excluding carboxylic acids is 1. The molecule has 0 bridgehead atoms. The van der Waals surface area contributed by atoms with Gasteiger partial charge in [0.2, 0.25) is 0 Å². The van der Waals surface area contributed by atoms with E-state index in [-0.39, 0.29) is 0 Å². The van der Waals surface area contributed by atoms with E-state index in [1.807, 2.05) is 58.0 Å². The van der Waals surface area contributed by atoms with Crippen molar-refractivity contribution < 1.29 is 9.53 Å². The van der Waals surface area contributed by atoms with Crippen LogP contribution in [-0.2, 0) is 11.3 Å². The highest BCUT2D eigenvalue weighted by Crippen LogP contribution is 2.14. The maximum atomic E-state index is 11.5. The molecule has 2 aromatic rings. The highest BCUT2D eigenvalue weighted by molar-refractivity contribution is 5.79. The zero-order valence-corrected chi connectivity index (χ0v) is 12.9. The van der Waals surface area contributed by atoms with Crippen LogP contribution in [0.3, 0.4) is 0 Å². The van der Waals surface area contributed by atoms with E-state index < -0.39 is 11.7 Å². The number of aryl methyl sites for hydroxylation is 1. The van der Waals surface area contributed by atoms with Crippen LogP contribution >= 0.6 is 0 Å². The molecule has 1 aromatic carbocycles. The van der Waals surface area contributed by atoms with E-state index in [0.717, 1.165) is 22.2 Å². The van der Waals surface area contributed by atoms with Crippen molar-refractivity contribution in [3.8, 4) is 0 Å². The lowest BCUT2D eigenvalue weighted by Crippen LogP contribution is -2.40. The maximum Gasteiger partial charge on any atom is 0.422 e. The van der Waals surface area contributed by atoms with Gasteiger partial charge in [0, 0.05) is 17.6 Å². The summed E-state index contributed by atoms with van der Waals surface area (Å²) in [4.78, 5) is 15.9. The number of benzene rings is 1. The topological polar surface area (TPSA) is 63.2 Å². The summed E-state index contributed by atoms with van der Waals surface area (Å²) in [5, 5.41) is 1.08. The molecule has 0 aliphatic heterocycles. The van der Waals surface area contributed by atoms with Crippen LogP contribution in [0.5, 0.6) is 0 Å². The summed E-state index contributed by atoms with van der Waals surface area (Å²) < 4.78 is 5.14. The molecule has 2 N–H and O–H groups in total. The van der Waals surface area contributed by atoms with E-state index in [1.54, 1.807) is 0 Å². The fraction of sp³-hybridized carbons (Fsp3) is 0.375. The molecular formula is C16H21N3O2. The SMILES string of the molecule is Cc1ccc2cc(CNNC(=O)OC(C)(C)C)ccc2n1. The lowest BCUT2D eigenvalue weighted by molar-refractivity contribution is 0.0497. The van der Waals surface area contributed by atoms with Crippen LogP contribution < -0.4 is 10.9 Å². The Morgan fingerprint density at radius 1 is 1.24 bits per heavy atom. The molecule has 1 aromatic heterocycles. The number of ether oxygens (including phenoxy) is 1. The monoisotopic (exact) mass is 287 g/mol. The molecule has 21 heavy (non-hydrogen) atoms. The Balaban J connectivity index is 1.92. The zero-order chi connectivity index (χ0) is 15.5. The van der Waals surface area contributed by atoms with Gasteiger partial charge in [-0.25, -0.2) is 10.2 Å². The van der Waals surface area contributed by atoms with Crippen molar-refractivity contribution in [1.29, 1.82) is 0 Å². The molecule has 5 heteroatoms. The summed E-state index contributed by atoms with van der Waals surface area (Å²) in [5.74, 6) is 0. The first-order valence-electron chi connectivity index (χ1n) is 6.92. The van der Waals surface area contributed by atoms with Gasteiger partial charge in [0.15, 0.2) is 0 Å². The van der Waals surface area contributed by atoms with Crippen molar-refractivity contribution in [2.24, 2.45) is 0 Å². The quantitative estimate of drug-likeness (QED) is 0.852. The number of hydrogen-bond donors (Lipinski definition) is 2. The van der Waals surface area contributed by atoms with Crippen molar-refractivity contribution in [3.05, 3.63) is 41.6 Å². The van der Waals surface area contributed by atoms with Gasteiger partial charge < -0.3 is 4.74 Å². The van der Waals surface area contributed by atoms with Crippen LogP contribution in [-0.4, -0.2) is 16.7 Å². The van der Waals surface area contributed by atoms with Crippen LogP contribution in [0.25, 0.3) is 10.9 Å². The molecule has 0 saturated carbocycles. The Kier molecular flexibility index (Phi) is 4.43. The number of hydrazine groups is 1. The third-order valence-corrected chi connectivity index (χ3v) is 2.77. The third-order valence-electron chi connectivity index (χ3n) is 2.77. The Labute approximate surface area is 124 Å². The van der Waals surface area contributed by atoms with E-state index in [1.165, 1.54) is 0 Å². The standard InChI is InChI=1S/C16H21N3O2/c1-11-5-7-13-9-12(6-8-14(13)18-11)10-17-19-15(20)21-16(2,3)4/h5-9,17H,10H2,1-4H3,(H,19,20). The molecule has 0 unspecified atom stereocenters. The first-order chi connectivity index (χ1) is 9.83. The van der Waals surface area contributed by atoms with Gasteiger partial charge >= 0.3 is 6.09 Å². The second-order valence-corrected chi connectivity index (χ2v) is 5.96. The predicted molar refractivity (Wildman–Crippen MR) is 82.7 cm³/mol. The van der Waals surface area contributed by atoms with E-state index in [0.29, 0.717) is 6.54 Å². The number of fused-ring (bicyclic) bond motifs is 1. The fourth-order valence-electron chi connectivity index (χ4n) is 1.91. The van der Waals surface area contributed by atoms with E-state index >= 15 is 0 Å². The van der Waals surface area contributed by atoms with Crippen LogP contribution in [0.4, 0.5) is 4.79 Å². The highest BCUT2D eigenvalue weighted by Gasteiger charge is 2.15. The minimum absolute atomic E-state index is 0.486. The average molecular weight is 287 g/mol. The molecule has 0 atom stereocenters. The molecule has 1 amide bonds. The smallest absolute Gasteiger partial charge is 0.422 e. The van der Waals surface area contributed by atoms with E-state index in [2.05, 4.69) is 15.8 Å². The van der Waals surface area contributed by atoms with E-state index in [9.17, 15) is 4.79 Å². The van der Waals surface area contributed by atoms with Crippen molar-refractivity contribution >= 4 is 17.0 Å². The Bertz CT molecular complexity index is 648. The lowest BCUT2D eigenvalue weighted by atomic mass is 10.1. The second kappa shape index (κ2) is 6.10. The molecule has 0 aliphatic carbocycles. The summed E-state index contributed by atoms with van der Waals surface area (Å²) in [6.07, 6.45) is -0.486. The number of nitrogens with one attached hydrogen (secondary N) is 2. The minimum Gasteiger partial charge on any atom is -0.443 e. The summed E-state index contributed by atoms with van der Waals surface area (Å²) in [6.45, 7) is 7.96. The molecule has 0 spiro atoms. The molecular weight excluding hydrogens is 266 g/mol. The summed E-state index contributed by atoms with van der Waals surface area (Å²) >= 11 is 0. The van der Waals surface area contributed by atoms with Crippen LogP contribution in [0.15, 0.2) is 30.3 Å². The number of amides is 1. The fourth-order valence-corrected chi connectivity index (χ4v) is 1.91. The van der Waals surface area contributed by atoms with Gasteiger partial charge in [-0.3, -0.25) is 10.4 Å². The molecule has 2 rings (SSSR count).